The second kappa shape index (κ2) is 5.45. The summed E-state index contributed by atoms with van der Waals surface area (Å²) in [4.78, 5) is 25.4. The first kappa shape index (κ1) is 17.7. The van der Waals surface area contributed by atoms with Gasteiger partial charge in [0.05, 0.1) is 23.4 Å². The van der Waals surface area contributed by atoms with E-state index < -0.39 is 10.8 Å². The average molecular weight is 342 g/mol. The average Bonchev–Trinajstić information content (AvgIpc) is 3.08. The molecule has 0 aliphatic heterocycles. The zero-order chi connectivity index (χ0) is 18.6. The molecular formula is C21H26O4. The maximum Gasteiger partial charge on any atom is 0.316 e. The number of ether oxygens (including phenoxy) is 1. The Kier molecular flexibility index (Phi) is 3.86. The molecule has 0 fully saturated rings. The van der Waals surface area contributed by atoms with Crippen molar-refractivity contribution < 1.29 is 18.7 Å². The first-order chi connectivity index (χ1) is 11.5. The van der Waals surface area contributed by atoms with Crippen LogP contribution in [0.2, 0.25) is 0 Å². The summed E-state index contributed by atoms with van der Waals surface area (Å²) < 4.78 is 11.1. The Balaban J connectivity index is 2.11. The van der Waals surface area contributed by atoms with Gasteiger partial charge >= 0.3 is 5.97 Å². The van der Waals surface area contributed by atoms with Gasteiger partial charge in [0.1, 0.15) is 5.76 Å². The molecule has 0 saturated carbocycles. The predicted octanol–water partition coefficient (Wildman–Crippen LogP) is 4.77. The number of rotatable bonds is 2. The lowest BCUT2D eigenvalue weighted by Gasteiger charge is -2.46. The number of carbonyl (C=O) groups is 2. The van der Waals surface area contributed by atoms with Crippen LogP contribution in [0.15, 0.2) is 40.9 Å². The third kappa shape index (κ3) is 2.68. The molecule has 0 bridgehead atoms. The van der Waals surface area contributed by atoms with Crippen molar-refractivity contribution in [2.24, 2.45) is 22.2 Å². The summed E-state index contributed by atoms with van der Waals surface area (Å²) in [6, 6.07) is 1.84. The van der Waals surface area contributed by atoms with Crippen LogP contribution in [-0.2, 0) is 14.3 Å². The van der Waals surface area contributed by atoms with Gasteiger partial charge in [0.15, 0.2) is 5.78 Å². The highest BCUT2D eigenvalue weighted by Gasteiger charge is 2.58. The molecule has 4 heteroatoms. The van der Waals surface area contributed by atoms with E-state index in [0.29, 0.717) is 12.2 Å². The number of furan rings is 1. The Morgan fingerprint density at radius 2 is 1.96 bits per heavy atom. The van der Waals surface area contributed by atoms with Gasteiger partial charge in [0, 0.05) is 11.5 Å². The van der Waals surface area contributed by atoms with Crippen LogP contribution in [0.1, 0.15) is 53.5 Å². The van der Waals surface area contributed by atoms with E-state index in [0.717, 1.165) is 11.1 Å². The van der Waals surface area contributed by atoms with E-state index in [4.69, 9.17) is 9.15 Å². The fourth-order valence-corrected chi connectivity index (χ4v) is 4.14. The molecule has 0 spiro atoms. The fraction of sp³-hybridized carbons (Fsp3) is 0.524. The van der Waals surface area contributed by atoms with Crippen molar-refractivity contribution in [2.45, 2.75) is 48.0 Å². The van der Waals surface area contributed by atoms with Gasteiger partial charge in [-0.15, -0.1) is 0 Å². The van der Waals surface area contributed by atoms with Crippen molar-refractivity contribution in [1.82, 2.24) is 0 Å². The van der Waals surface area contributed by atoms with Crippen molar-refractivity contribution in [3.05, 3.63) is 42.1 Å². The number of ketones is 1. The number of hydrogen-bond donors (Lipinski definition) is 0. The SMILES string of the molecule is CC(C)(C)C(=O)OC1=CCC(C)(C)[C@@H]2C(=O)C=C(c3ccoc3)[C@]12C. The number of allylic oxidation sites excluding steroid dienone is 3. The minimum Gasteiger partial charge on any atom is -0.472 e. The highest BCUT2D eigenvalue weighted by Crippen LogP contribution is 2.61. The predicted molar refractivity (Wildman–Crippen MR) is 95.3 cm³/mol. The van der Waals surface area contributed by atoms with Gasteiger partial charge < -0.3 is 9.15 Å². The quantitative estimate of drug-likeness (QED) is 0.726. The van der Waals surface area contributed by atoms with E-state index in [2.05, 4.69) is 13.8 Å². The molecule has 2 aliphatic carbocycles. The van der Waals surface area contributed by atoms with Gasteiger partial charge in [0.25, 0.3) is 0 Å². The molecular weight excluding hydrogens is 316 g/mol. The Morgan fingerprint density at radius 3 is 2.52 bits per heavy atom. The van der Waals surface area contributed by atoms with Crippen LogP contribution >= 0.6 is 0 Å². The van der Waals surface area contributed by atoms with Crippen LogP contribution in [0, 0.1) is 22.2 Å². The standard InChI is InChI=1S/C21H26O4/c1-19(2,3)18(23)25-16-7-9-20(4,5)17-15(22)11-14(21(16,17)6)13-8-10-24-12-13/h7-8,10-12,17H,9H2,1-6H3/t17-,21+/m0/s1. The molecule has 3 rings (SSSR count). The topological polar surface area (TPSA) is 56.5 Å². The van der Waals surface area contributed by atoms with Gasteiger partial charge in [-0.1, -0.05) is 13.8 Å². The third-order valence-corrected chi connectivity index (χ3v) is 5.46. The number of carbonyl (C=O) groups excluding carboxylic acids is 2. The minimum absolute atomic E-state index is 0.0844. The molecule has 2 aliphatic rings. The van der Waals surface area contributed by atoms with Crippen molar-refractivity contribution in [1.29, 1.82) is 0 Å². The van der Waals surface area contributed by atoms with Crippen LogP contribution in [0.5, 0.6) is 0 Å². The molecule has 0 amide bonds. The van der Waals surface area contributed by atoms with Crippen LogP contribution < -0.4 is 0 Å². The normalized spacial score (nSPS) is 28.2. The third-order valence-electron chi connectivity index (χ3n) is 5.46. The van der Waals surface area contributed by atoms with Gasteiger partial charge in [-0.3, -0.25) is 9.59 Å². The molecule has 0 unspecified atom stereocenters. The Morgan fingerprint density at radius 1 is 1.28 bits per heavy atom. The molecule has 0 radical (unpaired) electrons. The summed E-state index contributed by atoms with van der Waals surface area (Å²) >= 11 is 0. The molecule has 2 atom stereocenters. The first-order valence-corrected chi connectivity index (χ1v) is 8.69. The lowest BCUT2D eigenvalue weighted by molar-refractivity contribution is -0.152. The molecule has 1 aromatic heterocycles. The largest absolute Gasteiger partial charge is 0.472 e. The van der Waals surface area contributed by atoms with E-state index >= 15 is 0 Å². The van der Waals surface area contributed by atoms with E-state index in [1.54, 1.807) is 18.6 Å². The maximum absolute atomic E-state index is 12.9. The van der Waals surface area contributed by atoms with Crippen LogP contribution in [0.3, 0.4) is 0 Å². The zero-order valence-corrected chi connectivity index (χ0v) is 15.8. The summed E-state index contributed by atoms with van der Waals surface area (Å²) in [6.07, 6.45) is 7.60. The molecule has 134 valence electrons. The van der Waals surface area contributed by atoms with Crippen molar-refractivity contribution in [2.75, 3.05) is 0 Å². The monoisotopic (exact) mass is 342 g/mol. The van der Waals surface area contributed by atoms with Crippen LogP contribution in [0.4, 0.5) is 0 Å². The molecule has 0 aromatic carbocycles. The molecule has 0 saturated heterocycles. The first-order valence-electron chi connectivity index (χ1n) is 8.69. The summed E-state index contributed by atoms with van der Waals surface area (Å²) in [5.74, 6) is 0.109. The highest BCUT2D eigenvalue weighted by molar-refractivity contribution is 6.07. The molecule has 0 N–H and O–H groups in total. The van der Waals surface area contributed by atoms with Gasteiger partial charge in [-0.05, 0) is 63.3 Å². The highest BCUT2D eigenvalue weighted by atomic mass is 16.5. The van der Waals surface area contributed by atoms with E-state index in [1.165, 1.54) is 0 Å². The van der Waals surface area contributed by atoms with Crippen LogP contribution in [0.25, 0.3) is 5.57 Å². The van der Waals surface area contributed by atoms with E-state index in [1.807, 2.05) is 39.8 Å². The summed E-state index contributed by atoms with van der Waals surface area (Å²) in [5.41, 5.74) is 0.211. The number of fused-ring (bicyclic) bond motifs is 1. The van der Waals surface area contributed by atoms with Gasteiger partial charge in [0.2, 0.25) is 0 Å². The fourth-order valence-electron chi connectivity index (χ4n) is 4.14. The van der Waals surface area contributed by atoms with E-state index in [9.17, 15) is 9.59 Å². The Bertz CT molecular complexity index is 771. The second-order valence-corrected chi connectivity index (χ2v) is 9.01. The lowest BCUT2D eigenvalue weighted by atomic mass is 9.57. The molecule has 1 heterocycles. The summed E-state index contributed by atoms with van der Waals surface area (Å²) in [7, 11) is 0. The van der Waals surface area contributed by atoms with Crippen molar-refractivity contribution >= 4 is 17.3 Å². The smallest absolute Gasteiger partial charge is 0.316 e. The Hall–Kier alpha value is -2.10. The zero-order valence-electron chi connectivity index (χ0n) is 15.8. The molecule has 1 aromatic rings. The molecule has 4 nitrogen and oxygen atoms in total. The van der Waals surface area contributed by atoms with Gasteiger partial charge in [-0.25, -0.2) is 0 Å². The maximum atomic E-state index is 12.9. The second-order valence-electron chi connectivity index (χ2n) is 9.01. The van der Waals surface area contributed by atoms with Gasteiger partial charge in [-0.2, -0.15) is 0 Å². The summed E-state index contributed by atoms with van der Waals surface area (Å²) in [5, 5.41) is 0. The summed E-state index contributed by atoms with van der Waals surface area (Å²) in [6.45, 7) is 11.7. The number of hydrogen-bond acceptors (Lipinski definition) is 4. The lowest BCUT2D eigenvalue weighted by Crippen LogP contribution is -2.45. The Labute approximate surface area is 148 Å². The van der Waals surface area contributed by atoms with E-state index in [-0.39, 0.29) is 23.1 Å². The van der Waals surface area contributed by atoms with Crippen molar-refractivity contribution in [3.8, 4) is 0 Å². The number of esters is 1. The van der Waals surface area contributed by atoms with Crippen LogP contribution in [-0.4, -0.2) is 11.8 Å². The van der Waals surface area contributed by atoms with Crippen molar-refractivity contribution in [3.63, 3.8) is 0 Å². The molecule has 25 heavy (non-hydrogen) atoms. The minimum atomic E-state index is -0.677.